The lowest BCUT2D eigenvalue weighted by atomic mass is 9.94. The molecule has 1 aromatic heterocycles. The zero-order chi connectivity index (χ0) is 21.9. The second-order valence-corrected chi connectivity index (χ2v) is 7.36. The van der Waals surface area contributed by atoms with Crippen molar-refractivity contribution < 1.29 is 4.39 Å². The molecule has 0 saturated heterocycles. The molecular formula is C28H18FN3. The summed E-state index contributed by atoms with van der Waals surface area (Å²) in [5.41, 5.74) is 6.16. The lowest BCUT2D eigenvalue weighted by Gasteiger charge is -2.19. The molecule has 0 saturated carbocycles. The van der Waals surface area contributed by atoms with E-state index in [9.17, 15) is 4.39 Å². The Labute approximate surface area is 185 Å². The maximum Gasteiger partial charge on any atom is 0.188 e. The molecule has 5 aromatic rings. The summed E-state index contributed by atoms with van der Waals surface area (Å²) in [7, 11) is 0. The summed E-state index contributed by atoms with van der Waals surface area (Å²) in [5.74, 6) is 0.415. The molecule has 0 aliphatic heterocycles. The van der Waals surface area contributed by atoms with Crippen molar-refractivity contribution in [3.63, 3.8) is 0 Å². The van der Waals surface area contributed by atoms with Gasteiger partial charge in [-0.3, -0.25) is 4.57 Å². The van der Waals surface area contributed by atoms with Gasteiger partial charge in [-0.2, -0.15) is 0 Å². The average Bonchev–Trinajstić information content (AvgIpc) is 3.34. The summed E-state index contributed by atoms with van der Waals surface area (Å²) in [6, 6.07) is 30.2. The van der Waals surface area contributed by atoms with E-state index in [0.29, 0.717) is 11.5 Å². The lowest BCUT2D eigenvalue weighted by molar-refractivity contribution is 0.628. The third-order valence-corrected chi connectivity index (χ3v) is 5.38. The van der Waals surface area contributed by atoms with E-state index in [2.05, 4.69) is 9.83 Å². The zero-order valence-electron chi connectivity index (χ0n) is 17.1. The van der Waals surface area contributed by atoms with E-state index < -0.39 is 0 Å². The lowest BCUT2D eigenvalue weighted by Crippen LogP contribution is -2.02. The van der Waals surface area contributed by atoms with E-state index in [4.69, 9.17) is 6.57 Å². The fourth-order valence-corrected chi connectivity index (χ4v) is 3.92. The molecule has 0 spiro atoms. The number of hydrogen-bond donors (Lipinski definition) is 0. The van der Waals surface area contributed by atoms with Crippen molar-refractivity contribution >= 4 is 5.69 Å². The predicted octanol–water partition coefficient (Wildman–Crippen LogP) is 7.56. The summed E-state index contributed by atoms with van der Waals surface area (Å²) in [4.78, 5) is 8.32. The molecule has 0 aliphatic carbocycles. The average molecular weight is 415 g/mol. The summed E-state index contributed by atoms with van der Waals surface area (Å²) in [6.07, 6.45) is 3.65. The van der Waals surface area contributed by atoms with Gasteiger partial charge in [0.25, 0.3) is 0 Å². The third kappa shape index (κ3) is 3.57. The van der Waals surface area contributed by atoms with Crippen molar-refractivity contribution in [2.24, 2.45) is 0 Å². The highest BCUT2D eigenvalue weighted by Gasteiger charge is 2.19. The monoisotopic (exact) mass is 415 g/mol. The van der Waals surface area contributed by atoms with Gasteiger partial charge >= 0.3 is 0 Å². The van der Waals surface area contributed by atoms with Crippen LogP contribution >= 0.6 is 0 Å². The SMILES string of the molecule is [C-]#[N+]c1cc(-c2ccccc2)c(-n2ccnc2-c2ccc(F)cc2)c(-c2ccccc2)c1. The molecule has 0 fully saturated rings. The van der Waals surface area contributed by atoms with Crippen LogP contribution in [0.4, 0.5) is 10.1 Å². The van der Waals surface area contributed by atoms with Crippen LogP contribution in [0.2, 0.25) is 0 Å². The van der Waals surface area contributed by atoms with Crippen LogP contribution in [-0.2, 0) is 0 Å². The predicted molar refractivity (Wildman–Crippen MR) is 126 cm³/mol. The quantitative estimate of drug-likeness (QED) is 0.278. The second-order valence-electron chi connectivity index (χ2n) is 7.36. The maximum absolute atomic E-state index is 13.6. The first-order chi connectivity index (χ1) is 15.7. The summed E-state index contributed by atoms with van der Waals surface area (Å²) in [5, 5.41) is 0. The van der Waals surface area contributed by atoms with Crippen molar-refractivity contribution in [3.05, 3.63) is 127 Å². The van der Waals surface area contributed by atoms with Gasteiger partial charge in [0.2, 0.25) is 0 Å². The van der Waals surface area contributed by atoms with Crippen LogP contribution < -0.4 is 0 Å². The second kappa shape index (κ2) is 8.33. The van der Waals surface area contributed by atoms with E-state index >= 15 is 0 Å². The van der Waals surface area contributed by atoms with E-state index in [1.165, 1.54) is 12.1 Å². The Hall–Kier alpha value is -4.49. The molecule has 152 valence electrons. The van der Waals surface area contributed by atoms with Crippen LogP contribution in [0.1, 0.15) is 0 Å². The normalized spacial score (nSPS) is 10.6. The molecule has 5 rings (SSSR count). The van der Waals surface area contributed by atoms with Crippen LogP contribution in [0.3, 0.4) is 0 Å². The van der Waals surface area contributed by atoms with Gasteiger partial charge < -0.3 is 0 Å². The Balaban J connectivity index is 1.85. The number of hydrogen-bond acceptors (Lipinski definition) is 1. The molecule has 4 heteroatoms. The topological polar surface area (TPSA) is 22.2 Å². The molecule has 0 N–H and O–H groups in total. The van der Waals surface area contributed by atoms with E-state index in [-0.39, 0.29) is 5.82 Å². The highest BCUT2D eigenvalue weighted by molar-refractivity contribution is 5.90. The Morgan fingerprint density at radius 3 is 1.81 bits per heavy atom. The molecule has 32 heavy (non-hydrogen) atoms. The summed E-state index contributed by atoms with van der Waals surface area (Å²) < 4.78 is 15.6. The van der Waals surface area contributed by atoms with Gasteiger partial charge in [-0.25, -0.2) is 14.2 Å². The Bertz CT molecular complexity index is 1350. The number of nitrogens with zero attached hydrogens (tertiary/aromatic N) is 3. The molecule has 0 bridgehead atoms. The molecule has 0 amide bonds. The van der Waals surface area contributed by atoms with Crippen LogP contribution in [0.25, 0.3) is 44.2 Å². The van der Waals surface area contributed by atoms with Crippen LogP contribution in [0, 0.1) is 12.4 Å². The molecule has 4 aromatic carbocycles. The molecule has 0 unspecified atom stereocenters. The Morgan fingerprint density at radius 2 is 1.28 bits per heavy atom. The van der Waals surface area contributed by atoms with Crippen LogP contribution in [0.15, 0.2) is 109 Å². The highest BCUT2D eigenvalue weighted by atomic mass is 19.1. The summed E-state index contributed by atoms with van der Waals surface area (Å²) in [6.45, 7) is 7.67. The fourth-order valence-electron chi connectivity index (χ4n) is 3.92. The highest BCUT2D eigenvalue weighted by Crippen LogP contribution is 2.40. The fraction of sp³-hybridized carbons (Fsp3) is 0. The number of benzene rings is 4. The molecule has 3 nitrogen and oxygen atoms in total. The molecule has 0 radical (unpaired) electrons. The van der Waals surface area contributed by atoms with E-state index in [1.807, 2.05) is 83.6 Å². The number of halogens is 1. The maximum atomic E-state index is 13.6. The van der Waals surface area contributed by atoms with Crippen molar-refractivity contribution in [2.45, 2.75) is 0 Å². The third-order valence-electron chi connectivity index (χ3n) is 5.38. The minimum Gasteiger partial charge on any atom is -0.299 e. The van der Waals surface area contributed by atoms with Gasteiger partial charge in [0.15, 0.2) is 5.69 Å². The first-order valence-electron chi connectivity index (χ1n) is 10.2. The van der Waals surface area contributed by atoms with Gasteiger partial charge in [0.05, 0.1) is 12.3 Å². The van der Waals surface area contributed by atoms with Crippen LogP contribution in [-0.4, -0.2) is 9.55 Å². The molecule has 0 atom stereocenters. The number of aromatic nitrogens is 2. The number of imidazole rings is 1. The minimum absolute atomic E-state index is 0.289. The van der Waals surface area contributed by atoms with Crippen molar-refractivity contribution in [3.8, 4) is 39.3 Å². The van der Waals surface area contributed by atoms with E-state index in [0.717, 1.165) is 33.5 Å². The Kier molecular flexibility index (Phi) is 5.07. The van der Waals surface area contributed by atoms with Crippen molar-refractivity contribution in [2.75, 3.05) is 0 Å². The smallest absolute Gasteiger partial charge is 0.188 e. The van der Waals surface area contributed by atoms with Crippen molar-refractivity contribution in [1.29, 1.82) is 0 Å². The van der Waals surface area contributed by atoms with Gasteiger partial charge in [-0.1, -0.05) is 60.7 Å². The van der Waals surface area contributed by atoms with Crippen LogP contribution in [0.5, 0.6) is 0 Å². The zero-order valence-corrected chi connectivity index (χ0v) is 17.1. The Morgan fingerprint density at radius 1 is 0.719 bits per heavy atom. The van der Waals surface area contributed by atoms with Crippen molar-refractivity contribution in [1.82, 2.24) is 9.55 Å². The van der Waals surface area contributed by atoms with Gasteiger partial charge in [0, 0.05) is 18.0 Å². The first kappa shape index (κ1) is 19.5. The minimum atomic E-state index is -0.289. The largest absolute Gasteiger partial charge is 0.299 e. The molecule has 0 aliphatic rings. The van der Waals surface area contributed by atoms with Gasteiger partial charge in [-0.15, -0.1) is 0 Å². The molecule has 1 heterocycles. The standard InChI is InChI=1S/C28H18FN3/c1-30-24-18-25(20-8-4-2-5-9-20)27(26(19-24)21-10-6-3-7-11-21)32-17-16-31-28(32)22-12-14-23(29)15-13-22/h2-19H. The van der Waals surface area contributed by atoms with Gasteiger partial charge in [-0.05, 0) is 58.7 Å². The van der Waals surface area contributed by atoms with Gasteiger partial charge in [0.1, 0.15) is 11.6 Å². The first-order valence-corrected chi connectivity index (χ1v) is 10.2. The molecular weight excluding hydrogens is 397 g/mol. The van der Waals surface area contributed by atoms with E-state index in [1.54, 1.807) is 18.3 Å². The summed E-state index contributed by atoms with van der Waals surface area (Å²) >= 11 is 0. The number of rotatable bonds is 4.